The van der Waals surface area contributed by atoms with Crippen LogP contribution in [0, 0.1) is 6.07 Å². The fraction of sp³-hybridized carbons (Fsp3) is 0.214. The van der Waals surface area contributed by atoms with Gasteiger partial charge in [0, 0.05) is 44.8 Å². The number of pyridine rings is 1. The van der Waals surface area contributed by atoms with Crippen molar-refractivity contribution in [3.8, 4) is 17.0 Å². The van der Waals surface area contributed by atoms with Crippen LogP contribution in [0.5, 0.6) is 5.75 Å². The van der Waals surface area contributed by atoms with Gasteiger partial charge in [0.15, 0.2) is 0 Å². The molecule has 0 aliphatic rings. The van der Waals surface area contributed by atoms with E-state index in [0.717, 1.165) is 11.3 Å². The molecule has 3 nitrogen and oxygen atoms in total. The van der Waals surface area contributed by atoms with Gasteiger partial charge < -0.3 is 9.30 Å². The van der Waals surface area contributed by atoms with Crippen LogP contribution in [0.3, 0.4) is 0 Å². The number of thioether (sulfide) groups is 1. The number of ether oxygens (including phenoxy) is 1. The maximum atomic E-state index is 11.8. The zero-order valence-electron chi connectivity index (χ0n) is 11.2. The molecule has 2 rings (SSSR count). The Labute approximate surface area is 152 Å². The molecule has 0 saturated carbocycles. The minimum atomic E-state index is -0.224. The van der Waals surface area contributed by atoms with Crippen molar-refractivity contribution in [2.24, 2.45) is 7.05 Å². The zero-order chi connectivity index (χ0) is 13.8. The number of aromatic nitrogens is 1. The first-order valence-corrected chi connectivity index (χ1v) is 7.40. The van der Waals surface area contributed by atoms with Crippen LogP contribution in [-0.4, -0.2) is 16.8 Å². The van der Waals surface area contributed by atoms with E-state index in [-0.39, 0.29) is 43.3 Å². The molecule has 0 saturated heterocycles. The van der Waals surface area contributed by atoms with Crippen LogP contribution in [-0.2, 0) is 39.8 Å². The van der Waals surface area contributed by atoms with Crippen molar-refractivity contribution in [3.05, 3.63) is 51.8 Å². The summed E-state index contributed by atoms with van der Waals surface area (Å²) < 4.78 is 6.97. The van der Waals surface area contributed by atoms with Crippen molar-refractivity contribution < 1.29 is 37.4 Å². The van der Waals surface area contributed by atoms with Gasteiger partial charge in [-0.25, -0.2) is 0 Å². The van der Waals surface area contributed by atoms with Gasteiger partial charge in [-0.05, 0) is 18.4 Å². The predicted octanol–water partition coefficient (Wildman–Crippen LogP) is 3.20. The van der Waals surface area contributed by atoms with Crippen LogP contribution in [0.25, 0.3) is 11.3 Å². The van der Waals surface area contributed by atoms with E-state index in [1.807, 2.05) is 30.5 Å². The quantitative estimate of drug-likeness (QED) is 0.600. The van der Waals surface area contributed by atoms with Gasteiger partial charge in [0.2, 0.25) is 5.56 Å². The van der Waals surface area contributed by atoms with E-state index in [0.29, 0.717) is 11.6 Å². The van der Waals surface area contributed by atoms with E-state index in [1.165, 1.54) is 10.6 Å². The SMILES string of the molecule is CSCOc1ccc(-c2[c-]cc(Cl)c(=O)n2C)cc1.[Y]. The third-order valence-corrected chi connectivity index (χ3v) is 3.28. The van der Waals surface area contributed by atoms with Crippen molar-refractivity contribution in [1.82, 2.24) is 4.57 Å². The number of nitrogens with zero attached hydrogens (tertiary/aromatic N) is 1. The first-order valence-electron chi connectivity index (χ1n) is 5.63. The summed E-state index contributed by atoms with van der Waals surface area (Å²) in [5.41, 5.74) is 1.37. The van der Waals surface area contributed by atoms with Gasteiger partial charge in [-0.15, -0.1) is 23.9 Å². The normalized spacial score (nSPS) is 9.95. The van der Waals surface area contributed by atoms with Crippen LogP contribution >= 0.6 is 23.4 Å². The van der Waals surface area contributed by atoms with Gasteiger partial charge in [0.25, 0.3) is 0 Å². The number of halogens is 1. The second kappa shape index (κ2) is 8.23. The fourth-order valence-corrected chi connectivity index (χ4v) is 2.10. The molecule has 0 aliphatic carbocycles. The number of rotatable bonds is 4. The largest absolute Gasteiger partial charge is 0.483 e. The molecule has 103 valence electrons. The Morgan fingerprint density at radius 3 is 2.60 bits per heavy atom. The summed E-state index contributed by atoms with van der Waals surface area (Å²) >= 11 is 7.38. The molecular formula is C14H13ClNO2SY-. The van der Waals surface area contributed by atoms with Gasteiger partial charge >= 0.3 is 0 Å². The van der Waals surface area contributed by atoms with Crippen molar-refractivity contribution in [3.63, 3.8) is 0 Å². The smallest absolute Gasteiger partial charge is 0.212 e. The Kier molecular flexibility index (Phi) is 7.31. The van der Waals surface area contributed by atoms with Crippen LogP contribution in [0.4, 0.5) is 0 Å². The molecule has 0 amide bonds. The van der Waals surface area contributed by atoms with Gasteiger partial charge in [-0.3, -0.25) is 4.79 Å². The van der Waals surface area contributed by atoms with Gasteiger partial charge in [-0.1, -0.05) is 11.3 Å². The van der Waals surface area contributed by atoms with E-state index in [4.69, 9.17) is 16.3 Å². The second-order valence-electron chi connectivity index (χ2n) is 3.92. The summed E-state index contributed by atoms with van der Waals surface area (Å²) in [5, 5.41) is 0.172. The van der Waals surface area contributed by atoms with Crippen molar-refractivity contribution >= 4 is 23.4 Å². The second-order valence-corrected chi connectivity index (χ2v) is 5.14. The summed E-state index contributed by atoms with van der Waals surface area (Å²) in [7, 11) is 1.68. The van der Waals surface area contributed by atoms with Crippen LogP contribution < -0.4 is 10.3 Å². The maximum Gasteiger partial charge on any atom is 0.212 e. The van der Waals surface area contributed by atoms with Crippen molar-refractivity contribution in [2.45, 2.75) is 0 Å². The van der Waals surface area contributed by atoms with Gasteiger partial charge in [0.1, 0.15) is 11.7 Å². The molecule has 0 atom stereocenters. The number of benzene rings is 1. The number of hydrogen-bond acceptors (Lipinski definition) is 3. The van der Waals surface area contributed by atoms with Gasteiger partial charge in [-0.2, -0.15) is 23.7 Å². The Balaban J connectivity index is 0.00000200. The number of hydrogen-bond donors (Lipinski definition) is 0. The summed E-state index contributed by atoms with van der Waals surface area (Å²) in [6.07, 6.45) is 1.98. The summed E-state index contributed by atoms with van der Waals surface area (Å²) in [6, 6.07) is 12.1. The minimum absolute atomic E-state index is 0. The molecular weight excluding hydrogens is 371 g/mol. The Morgan fingerprint density at radius 1 is 1.35 bits per heavy atom. The van der Waals surface area contributed by atoms with E-state index >= 15 is 0 Å². The predicted molar refractivity (Wildman–Crippen MR) is 80.0 cm³/mol. The molecule has 1 radical (unpaired) electrons. The minimum Gasteiger partial charge on any atom is -0.483 e. The average molecular weight is 384 g/mol. The summed E-state index contributed by atoms with van der Waals surface area (Å²) in [6.45, 7) is 0. The zero-order valence-corrected chi connectivity index (χ0v) is 15.6. The molecule has 1 aromatic carbocycles. The average Bonchev–Trinajstić information content (AvgIpc) is 2.44. The van der Waals surface area contributed by atoms with E-state index in [2.05, 4.69) is 6.07 Å². The van der Waals surface area contributed by atoms with E-state index < -0.39 is 0 Å². The van der Waals surface area contributed by atoms with E-state index in [1.54, 1.807) is 18.8 Å². The van der Waals surface area contributed by atoms with Crippen molar-refractivity contribution in [1.29, 1.82) is 0 Å². The Hall–Kier alpha value is -0.286. The molecule has 1 heterocycles. The summed E-state index contributed by atoms with van der Waals surface area (Å²) in [5.74, 6) is 1.42. The molecule has 0 bridgehead atoms. The Bertz CT molecular complexity index is 628. The molecule has 0 aliphatic heterocycles. The first-order chi connectivity index (χ1) is 9.13. The maximum absolute atomic E-state index is 11.8. The summed E-state index contributed by atoms with van der Waals surface area (Å²) in [4.78, 5) is 11.8. The molecule has 0 N–H and O–H groups in total. The standard InChI is InChI=1S/C14H13ClNO2S.Y/c1-16-13(8-7-12(15)14(16)17)10-3-5-11(6-4-10)18-9-19-2;/h3-7H,9H2,1-2H3;/q-1;. The van der Waals surface area contributed by atoms with E-state index in [9.17, 15) is 4.79 Å². The Morgan fingerprint density at radius 2 is 2.00 bits per heavy atom. The molecule has 0 fully saturated rings. The first kappa shape index (κ1) is 17.8. The van der Waals surface area contributed by atoms with Crippen LogP contribution in [0.15, 0.2) is 35.1 Å². The topological polar surface area (TPSA) is 31.2 Å². The molecule has 0 spiro atoms. The molecule has 2 aromatic rings. The van der Waals surface area contributed by atoms with Crippen LogP contribution in [0.2, 0.25) is 5.02 Å². The van der Waals surface area contributed by atoms with Crippen LogP contribution in [0.1, 0.15) is 0 Å². The molecule has 0 unspecified atom stereocenters. The molecule has 6 heteroatoms. The molecule has 1 aromatic heterocycles. The third kappa shape index (κ3) is 4.11. The molecule has 20 heavy (non-hydrogen) atoms. The fourth-order valence-electron chi connectivity index (χ4n) is 1.67. The monoisotopic (exact) mass is 383 g/mol. The van der Waals surface area contributed by atoms with Gasteiger partial charge in [0.05, 0.1) is 0 Å². The van der Waals surface area contributed by atoms with Crippen molar-refractivity contribution in [2.75, 3.05) is 12.2 Å². The third-order valence-electron chi connectivity index (χ3n) is 2.65.